The van der Waals surface area contributed by atoms with Gasteiger partial charge in [0.05, 0.1) is 24.9 Å². The number of halogens is 1. The Kier molecular flexibility index (Phi) is 5.61. The number of nitriles is 1. The maximum absolute atomic E-state index is 13.0. The Balaban J connectivity index is 1.61. The minimum absolute atomic E-state index is 0.0836. The Morgan fingerprint density at radius 1 is 1.27 bits per heavy atom. The van der Waals surface area contributed by atoms with Crippen LogP contribution in [0.15, 0.2) is 24.5 Å². The lowest BCUT2D eigenvalue weighted by Crippen LogP contribution is -2.19. The van der Waals surface area contributed by atoms with E-state index in [-0.39, 0.29) is 22.9 Å². The fourth-order valence-corrected chi connectivity index (χ4v) is 4.32. The molecule has 0 radical (unpaired) electrons. The molecule has 3 heterocycles. The SMILES string of the molecule is COc1cnc(Cl)cc1-c1cc(C)ncc1C(=O)Nc1nnc([C@H]2C[C@@H](C#N)C2)s1. The highest BCUT2D eigenvalue weighted by molar-refractivity contribution is 7.15. The third-order valence-corrected chi connectivity index (χ3v) is 6.17. The standard InChI is InChI=1S/C20H17ClN6O2S/c1-10-3-13(14-6-17(21)24-9-16(14)29-2)15(8-23-10)18(28)25-20-27-26-19(30-20)12-4-11(5-12)7-22/h3,6,8-9,11-12H,4-5H2,1-2H3,(H,25,27,28)/t11-,12+. The van der Waals surface area contributed by atoms with Crippen LogP contribution in [0.2, 0.25) is 5.15 Å². The fourth-order valence-electron chi connectivity index (χ4n) is 3.29. The van der Waals surface area contributed by atoms with Crippen molar-refractivity contribution < 1.29 is 9.53 Å². The van der Waals surface area contributed by atoms with Gasteiger partial charge in [0, 0.05) is 34.9 Å². The second-order valence-corrected chi connectivity index (χ2v) is 8.37. The highest BCUT2D eigenvalue weighted by Gasteiger charge is 2.33. The molecule has 3 aromatic heterocycles. The van der Waals surface area contributed by atoms with Crippen LogP contribution in [0.1, 0.15) is 39.8 Å². The number of rotatable bonds is 5. The molecule has 3 aromatic rings. The monoisotopic (exact) mass is 440 g/mol. The first-order valence-electron chi connectivity index (χ1n) is 9.19. The van der Waals surface area contributed by atoms with Crippen LogP contribution in [-0.2, 0) is 0 Å². The number of amides is 1. The number of hydrogen-bond acceptors (Lipinski definition) is 8. The highest BCUT2D eigenvalue weighted by atomic mass is 35.5. The van der Waals surface area contributed by atoms with Crippen molar-refractivity contribution in [2.24, 2.45) is 5.92 Å². The average Bonchev–Trinajstić information content (AvgIpc) is 3.14. The lowest BCUT2D eigenvalue weighted by molar-refractivity contribution is 0.102. The van der Waals surface area contributed by atoms with Crippen molar-refractivity contribution in [2.75, 3.05) is 12.4 Å². The minimum Gasteiger partial charge on any atom is -0.494 e. The first-order chi connectivity index (χ1) is 14.5. The van der Waals surface area contributed by atoms with Crippen molar-refractivity contribution in [1.82, 2.24) is 20.2 Å². The normalized spacial score (nSPS) is 17.7. The molecule has 0 saturated heterocycles. The van der Waals surface area contributed by atoms with Gasteiger partial charge in [-0.1, -0.05) is 22.9 Å². The Morgan fingerprint density at radius 3 is 2.80 bits per heavy atom. The number of pyridine rings is 2. The number of anilines is 1. The molecular formula is C20H17ClN6O2S. The molecule has 1 saturated carbocycles. The number of nitrogens with zero attached hydrogens (tertiary/aromatic N) is 5. The zero-order chi connectivity index (χ0) is 21.3. The number of aromatic nitrogens is 4. The summed E-state index contributed by atoms with van der Waals surface area (Å²) >= 11 is 7.41. The van der Waals surface area contributed by atoms with Crippen LogP contribution in [0.5, 0.6) is 5.75 Å². The molecule has 152 valence electrons. The van der Waals surface area contributed by atoms with Crippen LogP contribution in [0.4, 0.5) is 5.13 Å². The van der Waals surface area contributed by atoms with Crippen LogP contribution < -0.4 is 10.1 Å². The maximum Gasteiger partial charge on any atom is 0.259 e. The van der Waals surface area contributed by atoms with Gasteiger partial charge >= 0.3 is 0 Å². The predicted octanol–water partition coefficient (Wildman–Crippen LogP) is 4.24. The molecule has 30 heavy (non-hydrogen) atoms. The van der Waals surface area contributed by atoms with Gasteiger partial charge in [0.25, 0.3) is 5.91 Å². The number of hydrogen-bond donors (Lipinski definition) is 1. The van der Waals surface area contributed by atoms with Crippen LogP contribution in [0.25, 0.3) is 11.1 Å². The van der Waals surface area contributed by atoms with Crippen molar-refractivity contribution in [3.8, 4) is 22.9 Å². The van der Waals surface area contributed by atoms with Crippen LogP contribution in [-0.4, -0.2) is 33.2 Å². The Labute approximate surface area is 181 Å². The second kappa shape index (κ2) is 8.34. The van der Waals surface area contributed by atoms with Gasteiger partial charge in [-0.25, -0.2) is 4.98 Å². The van der Waals surface area contributed by atoms with Crippen LogP contribution in [0.3, 0.4) is 0 Å². The van der Waals surface area contributed by atoms with Gasteiger partial charge < -0.3 is 4.74 Å². The van der Waals surface area contributed by atoms with Gasteiger partial charge in [-0.15, -0.1) is 10.2 Å². The number of methoxy groups -OCH3 is 1. The maximum atomic E-state index is 13.0. The van der Waals surface area contributed by atoms with Gasteiger partial charge in [-0.2, -0.15) is 5.26 Å². The van der Waals surface area contributed by atoms with Crippen molar-refractivity contribution in [3.63, 3.8) is 0 Å². The van der Waals surface area contributed by atoms with E-state index in [1.165, 1.54) is 30.8 Å². The van der Waals surface area contributed by atoms with Crippen molar-refractivity contribution >= 4 is 34.0 Å². The quantitative estimate of drug-likeness (QED) is 0.590. The van der Waals surface area contributed by atoms with Gasteiger partial charge in [0.2, 0.25) is 5.13 Å². The Morgan fingerprint density at radius 2 is 2.07 bits per heavy atom. The predicted molar refractivity (Wildman–Crippen MR) is 113 cm³/mol. The summed E-state index contributed by atoms with van der Waals surface area (Å²) in [6.07, 6.45) is 4.60. The summed E-state index contributed by atoms with van der Waals surface area (Å²) in [6.45, 7) is 1.84. The molecule has 1 fully saturated rings. The van der Waals surface area contributed by atoms with Gasteiger partial charge in [-0.3, -0.25) is 15.1 Å². The van der Waals surface area contributed by atoms with Crippen molar-refractivity contribution in [1.29, 1.82) is 5.26 Å². The third-order valence-electron chi connectivity index (χ3n) is 4.96. The average molecular weight is 441 g/mol. The van der Waals surface area contributed by atoms with E-state index in [2.05, 4.69) is 31.6 Å². The first-order valence-corrected chi connectivity index (χ1v) is 10.4. The number of aryl methyl sites for hydroxylation is 1. The van der Waals surface area contributed by atoms with Crippen LogP contribution >= 0.6 is 22.9 Å². The lowest BCUT2D eigenvalue weighted by Gasteiger charge is -2.27. The molecule has 0 spiro atoms. The van der Waals surface area contributed by atoms with E-state index in [4.69, 9.17) is 21.6 Å². The molecule has 0 aliphatic heterocycles. The Bertz CT molecular complexity index is 1150. The molecule has 0 unspecified atom stereocenters. The summed E-state index contributed by atoms with van der Waals surface area (Å²) in [7, 11) is 1.53. The summed E-state index contributed by atoms with van der Waals surface area (Å²) in [6, 6.07) is 5.70. The summed E-state index contributed by atoms with van der Waals surface area (Å²) in [5.74, 6) is 0.450. The molecule has 1 aliphatic carbocycles. The summed E-state index contributed by atoms with van der Waals surface area (Å²) in [4.78, 5) is 21.3. The lowest BCUT2D eigenvalue weighted by atomic mass is 9.76. The van der Waals surface area contributed by atoms with Gasteiger partial charge in [0.1, 0.15) is 15.9 Å². The van der Waals surface area contributed by atoms with Crippen LogP contribution in [0, 0.1) is 24.2 Å². The summed E-state index contributed by atoms with van der Waals surface area (Å²) < 4.78 is 5.40. The van der Waals surface area contributed by atoms with Gasteiger partial charge in [0.15, 0.2) is 0 Å². The third kappa shape index (κ3) is 3.97. The highest BCUT2D eigenvalue weighted by Crippen LogP contribution is 2.42. The summed E-state index contributed by atoms with van der Waals surface area (Å²) in [5.41, 5.74) is 2.36. The molecule has 1 N–H and O–H groups in total. The van der Waals surface area contributed by atoms with E-state index in [1.54, 1.807) is 12.1 Å². The minimum atomic E-state index is -0.362. The zero-order valence-electron chi connectivity index (χ0n) is 16.2. The van der Waals surface area contributed by atoms with E-state index < -0.39 is 0 Å². The molecule has 0 aromatic carbocycles. The number of ether oxygens (including phenoxy) is 1. The molecule has 8 nitrogen and oxygen atoms in total. The largest absolute Gasteiger partial charge is 0.494 e. The van der Waals surface area contributed by atoms with E-state index in [1.807, 2.05) is 6.92 Å². The summed E-state index contributed by atoms with van der Waals surface area (Å²) in [5, 5.41) is 21.5. The van der Waals surface area contributed by atoms with E-state index >= 15 is 0 Å². The molecule has 4 rings (SSSR count). The molecule has 1 aliphatic rings. The van der Waals surface area contributed by atoms with Gasteiger partial charge in [-0.05, 0) is 31.9 Å². The number of nitrogens with one attached hydrogen (secondary N) is 1. The topological polar surface area (TPSA) is 114 Å². The Hall–Kier alpha value is -3.09. The number of carbonyl (C=O) groups excluding carboxylic acids is 1. The molecule has 0 atom stereocenters. The van der Waals surface area contributed by atoms with E-state index in [0.29, 0.717) is 27.6 Å². The number of carbonyl (C=O) groups is 1. The molecule has 1 amide bonds. The van der Waals surface area contributed by atoms with Crippen molar-refractivity contribution in [2.45, 2.75) is 25.7 Å². The zero-order valence-corrected chi connectivity index (χ0v) is 17.8. The van der Waals surface area contributed by atoms with E-state index in [9.17, 15) is 4.79 Å². The molecule has 0 bridgehead atoms. The molecule has 10 heteroatoms. The first kappa shape index (κ1) is 20.2. The fraction of sp³-hybridized carbons (Fsp3) is 0.300. The van der Waals surface area contributed by atoms with Crippen molar-refractivity contribution in [3.05, 3.63) is 45.9 Å². The second-order valence-electron chi connectivity index (χ2n) is 6.97. The van der Waals surface area contributed by atoms with E-state index in [0.717, 1.165) is 23.5 Å². The smallest absolute Gasteiger partial charge is 0.259 e. The molecular weight excluding hydrogens is 424 g/mol.